The second kappa shape index (κ2) is 6.08. The Morgan fingerprint density at radius 1 is 1.25 bits per heavy atom. The monoisotopic (exact) mass is 289 g/mol. The number of ether oxygens (including phenoxy) is 1. The Morgan fingerprint density at radius 2 is 1.95 bits per heavy atom. The van der Waals surface area contributed by atoms with E-state index in [0.717, 1.165) is 6.21 Å². The number of nitrogens with one attached hydrogen (secondary N) is 2. The van der Waals surface area contributed by atoms with Gasteiger partial charge in [0.2, 0.25) is 0 Å². The van der Waals surface area contributed by atoms with Crippen molar-refractivity contribution in [3.05, 3.63) is 53.1 Å². The van der Waals surface area contributed by atoms with Gasteiger partial charge in [0, 0.05) is 17.5 Å². The van der Waals surface area contributed by atoms with Gasteiger partial charge in [-0.25, -0.2) is 4.79 Å². The van der Waals surface area contributed by atoms with Gasteiger partial charge < -0.3 is 15.9 Å². The molecule has 0 aliphatic carbocycles. The molecule has 0 heterocycles. The van der Waals surface area contributed by atoms with Crippen LogP contribution in [0.25, 0.3) is 0 Å². The normalized spacial score (nSPS) is 9.85. The van der Waals surface area contributed by atoms with Crippen molar-refractivity contribution >= 4 is 35.3 Å². The second-order valence-corrected chi connectivity index (χ2v) is 4.28. The molecular weight excluding hydrogens is 278 g/mol. The molecule has 6 heteroatoms. The summed E-state index contributed by atoms with van der Waals surface area (Å²) in [5.41, 5.74) is 6.73. The lowest BCUT2D eigenvalue weighted by atomic mass is 10.1. The van der Waals surface area contributed by atoms with Crippen molar-refractivity contribution in [2.75, 3.05) is 11.1 Å². The number of carbonyl (C=O) groups is 1. The van der Waals surface area contributed by atoms with Crippen molar-refractivity contribution in [1.29, 1.82) is 5.41 Å². The molecule has 0 saturated heterocycles. The summed E-state index contributed by atoms with van der Waals surface area (Å²) in [6, 6.07) is 11.8. The molecule has 0 atom stereocenters. The highest BCUT2D eigenvalue weighted by atomic mass is 35.5. The summed E-state index contributed by atoms with van der Waals surface area (Å²) in [7, 11) is 0. The highest BCUT2D eigenvalue weighted by molar-refractivity contribution is 6.36. The molecule has 2 aromatic carbocycles. The Kier molecular flexibility index (Phi) is 4.22. The van der Waals surface area contributed by atoms with Crippen molar-refractivity contribution in [1.82, 2.24) is 0 Å². The first-order valence-electron chi connectivity index (χ1n) is 5.74. The molecule has 0 unspecified atom stereocenters. The van der Waals surface area contributed by atoms with Gasteiger partial charge in [-0.05, 0) is 24.3 Å². The average Bonchev–Trinajstić information content (AvgIpc) is 2.44. The van der Waals surface area contributed by atoms with Gasteiger partial charge >= 0.3 is 6.09 Å². The van der Waals surface area contributed by atoms with E-state index in [4.69, 9.17) is 27.5 Å². The number of hydrogen-bond donors (Lipinski definition) is 3. The first-order chi connectivity index (χ1) is 9.61. The number of amides is 1. The van der Waals surface area contributed by atoms with Crippen molar-refractivity contribution in [2.24, 2.45) is 0 Å². The molecule has 0 bridgehead atoms. The summed E-state index contributed by atoms with van der Waals surface area (Å²) in [5, 5.41) is 9.96. The van der Waals surface area contributed by atoms with Crippen LogP contribution in [0.1, 0.15) is 5.56 Å². The molecular formula is C14H12ClN3O2. The van der Waals surface area contributed by atoms with Crippen LogP contribution >= 0.6 is 11.6 Å². The standard InChI is InChI=1S/C14H12ClN3O2/c15-13-10(8-16)11(17)6-7-12(13)18-14(19)20-9-4-2-1-3-5-9/h1-8,16H,17H2,(H,18,19). The van der Waals surface area contributed by atoms with Gasteiger partial charge in [-0.15, -0.1) is 0 Å². The minimum atomic E-state index is -0.668. The van der Waals surface area contributed by atoms with Crippen molar-refractivity contribution in [2.45, 2.75) is 0 Å². The number of anilines is 2. The molecule has 0 aliphatic rings. The van der Waals surface area contributed by atoms with Crippen LogP contribution in [0, 0.1) is 5.41 Å². The Hall–Kier alpha value is -2.53. The average molecular weight is 290 g/mol. The van der Waals surface area contributed by atoms with Gasteiger partial charge in [-0.3, -0.25) is 5.32 Å². The number of para-hydroxylation sites is 1. The van der Waals surface area contributed by atoms with Crippen LogP contribution in [0.4, 0.5) is 16.2 Å². The topological polar surface area (TPSA) is 88.2 Å². The van der Waals surface area contributed by atoms with Gasteiger partial charge in [0.1, 0.15) is 5.75 Å². The highest BCUT2D eigenvalue weighted by Crippen LogP contribution is 2.29. The van der Waals surface area contributed by atoms with E-state index in [0.29, 0.717) is 22.7 Å². The summed E-state index contributed by atoms with van der Waals surface area (Å²) in [6.45, 7) is 0. The van der Waals surface area contributed by atoms with Crippen LogP contribution in [-0.2, 0) is 0 Å². The van der Waals surface area contributed by atoms with Crippen LogP contribution in [0.5, 0.6) is 5.75 Å². The smallest absolute Gasteiger partial charge is 0.410 e. The van der Waals surface area contributed by atoms with Gasteiger partial charge in [0.15, 0.2) is 0 Å². The summed E-state index contributed by atoms with van der Waals surface area (Å²) in [5.74, 6) is 0.420. The van der Waals surface area contributed by atoms with E-state index in [1.807, 2.05) is 6.07 Å². The van der Waals surface area contributed by atoms with Gasteiger partial charge in [-0.1, -0.05) is 29.8 Å². The maximum atomic E-state index is 11.7. The Labute approximate surface area is 120 Å². The van der Waals surface area contributed by atoms with Gasteiger partial charge in [0.25, 0.3) is 0 Å². The van der Waals surface area contributed by atoms with Crippen LogP contribution in [0.15, 0.2) is 42.5 Å². The van der Waals surface area contributed by atoms with Crippen molar-refractivity contribution in [3.8, 4) is 5.75 Å². The first-order valence-corrected chi connectivity index (χ1v) is 6.12. The molecule has 0 saturated carbocycles. The van der Waals surface area contributed by atoms with E-state index < -0.39 is 6.09 Å². The molecule has 0 aliphatic heterocycles. The number of hydrogen-bond acceptors (Lipinski definition) is 4. The van der Waals surface area contributed by atoms with Crippen LogP contribution in [0.3, 0.4) is 0 Å². The van der Waals surface area contributed by atoms with E-state index in [1.165, 1.54) is 0 Å². The molecule has 20 heavy (non-hydrogen) atoms. The minimum Gasteiger partial charge on any atom is -0.410 e. The number of halogens is 1. The predicted molar refractivity (Wildman–Crippen MR) is 79.8 cm³/mol. The van der Waals surface area contributed by atoms with Crippen LogP contribution in [-0.4, -0.2) is 12.3 Å². The number of carbonyl (C=O) groups excluding carboxylic acids is 1. The highest BCUT2D eigenvalue weighted by Gasteiger charge is 2.12. The molecule has 1 amide bonds. The number of rotatable bonds is 3. The first kappa shape index (κ1) is 13.9. The quantitative estimate of drug-likeness (QED) is 0.596. The minimum absolute atomic E-state index is 0.199. The third-order valence-corrected chi connectivity index (χ3v) is 2.96. The van der Waals surface area contributed by atoms with E-state index in [-0.39, 0.29) is 5.02 Å². The fraction of sp³-hybridized carbons (Fsp3) is 0. The Balaban J connectivity index is 2.14. The van der Waals surface area contributed by atoms with E-state index in [2.05, 4.69) is 5.32 Å². The molecule has 2 rings (SSSR count). The molecule has 0 fully saturated rings. The van der Waals surface area contributed by atoms with Crippen molar-refractivity contribution < 1.29 is 9.53 Å². The second-order valence-electron chi connectivity index (χ2n) is 3.90. The zero-order chi connectivity index (χ0) is 14.5. The third kappa shape index (κ3) is 3.07. The number of benzene rings is 2. The SMILES string of the molecule is N=Cc1c(N)ccc(NC(=O)Oc2ccccc2)c1Cl. The molecule has 0 radical (unpaired) electrons. The largest absolute Gasteiger partial charge is 0.417 e. The molecule has 4 N–H and O–H groups in total. The Bertz CT molecular complexity index is 644. The lowest BCUT2D eigenvalue weighted by molar-refractivity contribution is 0.215. The van der Waals surface area contributed by atoms with Crippen LogP contribution in [0.2, 0.25) is 5.02 Å². The molecule has 2 aromatic rings. The number of nitrogens with two attached hydrogens (primary N) is 1. The number of nitrogen functional groups attached to an aromatic ring is 1. The molecule has 0 spiro atoms. The summed E-state index contributed by atoms with van der Waals surface area (Å²) < 4.78 is 5.08. The Morgan fingerprint density at radius 3 is 2.60 bits per heavy atom. The van der Waals surface area contributed by atoms with Gasteiger partial charge in [-0.2, -0.15) is 0 Å². The summed E-state index contributed by atoms with van der Waals surface area (Å²) in [4.78, 5) is 11.7. The van der Waals surface area contributed by atoms with Gasteiger partial charge in [0.05, 0.1) is 10.7 Å². The molecule has 5 nitrogen and oxygen atoms in total. The lowest BCUT2D eigenvalue weighted by Crippen LogP contribution is -2.17. The summed E-state index contributed by atoms with van der Waals surface area (Å²) >= 11 is 6.06. The molecule has 0 aromatic heterocycles. The lowest BCUT2D eigenvalue weighted by Gasteiger charge is -2.10. The van der Waals surface area contributed by atoms with E-state index in [9.17, 15) is 4.79 Å². The van der Waals surface area contributed by atoms with Crippen molar-refractivity contribution in [3.63, 3.8) is 0 Å². The summed E-state index contributed by atoms with van der Waals surface area (Å²) in [6.07, 6.45) is 0.365. The van der Waals surface area contributed by atoms with E-state index >= 15 is 0 Å². The fourth-order valence-electron chi connectivity index (χ4n) is 1.58. The maximum Gasteiger partial charge on any atom is 0.417 e. The fourth-order valence-corrected chi connectivity index (χ4v) is 1.86. The third-order valence-electron chi connectivity index (χ3n) is 2.55. The maximum absolute atomic E-state index is 11.7. The molecule has 102 valence electrons. The zero-order valence-corrected chi connectivity index (χ0v) is 11.1. The zero-order valence-electron chi connectivity index (χ0n) is 10.4. The van der Waals surface area contributed by atoms with Crippen LogP contribution < -0.4 is 15.8 Å². The predicted octanol–water partition coefficient (Wildman–Crippen LogP) is 3.53. The van der Waals surface area contributed by atoms with E-state index in [1.54, 1.807) is 36.4 Å².